The van der Waals surface area contributed by atoms with Crippen molar-refractivity contribution in [1.82, 2.24) is 5.32 Å². The summed E-state index contributed by atoms with van der Waals surface area (Å²) in [4.78, 5) is 0. The predicted octanol–water partition coefficient (Wildman–Crippen LogP) is 4.13. The van der Waals surface area contributed by atoms with E-state index in [0.29, 0.717) is 5.41 Å². The van der Waals surface area contributed by atoms with Crippen molar-refractivity contribution in [1.29, 1.82) is 0 Å². The topological polar surface area (TPSA) is 12.0 Å². The summed E-state index contributed by atoms with van der Waals surface area (Å²) in [6.45, 7) is 6.08. The third-order valence-corrected chi connectivity index (χ3v) is 4.96. The van der Waals surface area contributed by atoms with Crippen LogP contribution in [0.25, 0.3) is 0 Å². The van der Waals surface area contributed by atoms with E-state index in [9.17, 15) is 0 Å². The fourth-order valence-electron chi connectivity index (χ4n) is 3.13. The minimum atomic E-state index is 0.683. The van der Waals surface area contributed by atoms with Crippen LogP contribution >= 0.6 is 0 Å². The number of nitrogens with one attached hydrogen (secondary N) is 1. The molecule has 0 aromatic carbocycles. The van der Waals surface area contributed by atoms with E-state index < -0.39 is 0 Å². The van der Waals surface area contributed by atoms with E-state index in [2.05, 4.69) is 19.2 Å². The first kappa shape index (κ1) is 12.4. The minimum absolute atomic E-state index is 0.683. The quantitative estimate of drug-likeness (QED) is 0.756. The average Bonchev–Trinajstić information content (AvgIpc) is 2.97. The van der Waals surface area contributed by atoms with Crippen LogP contribution in [0.3, 0.4) is 0 Å². The highest BCUT2D eigenvalue weighted by atomic mass is 14.9. The highest BCUT2D eigenvalue weighted by Gasteiger charge is 2.44. The van der Waals surface area contributed by atoms with E-state index in [1.165, 1.54) is 64.3 Å². The smallest absolute Gasteiger partial charge is 0.00672 e. The molecular formula is C15H29N. The molecule has 2 aliphatic rings. The van der Waals surface area contributed by atoms with E-state index >= 15 is 0 Å². The number of hydrogen-bond donors (Lipinski definition) is 1. The summed E-state index contributed by atoms with van der Waals surface area (Å²) in [5.74, 6) is 0.869. The molecular weight excluding hydrogens is 194 g/mol. The van der Waals surface area contributed by atoms with Crippen LogP contribution in [0.2, 0.25) is 0 Å². The summed E-state index contributed by atoms with van der Waals surface area (Å²) in [5.41, 5.74) is 0.683. The van der Waals surface area contributed by atoms with Gasteiger partial charge in [0.15, 0.2) is 0 Å². The van der Waals surface area contributed by atoms with Gasteiger partial charge in [0.2, 0.25) is 0 Å². The molecule has 0 aliphatic heterocycles. The third kappa shape index (κ3) is 3.23. The number of hydrogen-bond acceptors (Lipinski definition) is 1. The molecule has 16 heavy (non-hydrogen) atoms. The molecule has 0 bridgehead atoms. The Balaban J connectivity index is 1.71. The largest absolute Gasteiger partial charge is 0.313 e. The molecule has 1 N–H and O–H groups in total. The van der Waals surface area contributed by atoms with Gasteiger partial charge in [-0.15, -0.1) is 0 Å². The summed E-state index contributed by atoms with van der Waals surface area (Å²) < 4.78 is 0. The lowest BCUT2D eigenvalue weighted by molar-refractivity contribution is 0.298. The maximum absolute atomic E-state index is 3.87. The van der Waals surface area contributed by atoms with Gasteiger partial charge < -0.3 is 5.32 Å². The van der Waals surface area contributed by atoms with E-state index in [1.54, 1.807) is 0 Å². The van der Waals surface area contributed by atoms with Crippen molar-refractivity contribution in [2.75, 3.05) is 6.54 Å². The van der Waals surface area contributed by atoms with E-state index in [0.717, 1.165) is 12.0 Å². The first-order chi connectivity index (χ1) is 7.73. The summed E-state index contributed by atoms with van der Waals surface area (Å²) in [6, 6.07) is 0.830. The Morgan fingerprint density at radius 2 is 1.56 bits per heavy atom. The summed E-state index contributed by atoms with van der Waals surface area (Å²) >= 11 is 0. The van der Waals surface area contributed by atoms with Gasteiger partial charge in [-0.2, -0.15) is 0 Å². The lowest BCUT2D eigenvalue weighted by Gasteiger charge is -2.26. The van der Waals surface area contributed by atoms with Gasteiger partial charge >= 0.3 is 0 Å². The summed E-state index contributed by atoms with van der Waals surface area (Å²) in [7, 11) is 0. The first-order valence-electron chi connectivity index (χ1n) is 7.46. The molecule has 2 rings (SSSR count). The van der Waals surface area contributed by atoms with E-state index in [1.807, 2.05) is 0 Å². The molecule has 1 heteroatoms. The lowest BCUT2D eigenvalue weighted by atomic mass is 9.91. The van der Waals surface area contributed by atoms with Gasteiger partial charge in [-0.25, -0.2) is 0 Å². The zero-order valence-electron chi connectivity index (χ0n) is 11.2. The van der Waals surface area contributed by atoms with Gasteiger partial charge in [-0.3, -0.25) is 0 Å². The second-order valence-electron chi connectivity index (χ2n) is 6.44. The van der Waals surface area contributed by atoms with Gasteiger partial charge in [0, 0.05) is 12.6 Å². The van der Waals surface area contributed by atoms with Crippen LogP contribution in [0.5, 0.6) is 0 Å². The van der Waals surface area contributed by atoms with Crippen LogP contribution in [0.15, 0.2) is 0 Å². The van der Waals surface area contributed by atoms with Crippen LogP contribution in [-0.4, -0.2) is 12.6 Å². The first-order valence-corrected chi connectivity index (χ1v) is 7.46. The normalized spacial score (nSPS) is 26.4. The Morgan fingerprint density at radius 3 is 2.06 bits per heavy atom. The highest BCUT2D eigenvalue weighted by Crippen LogP contribution is 2.51. The van der Waals surface area contributed by atoms with Crippen molar-refractivity contribution < 1.29 is 0 Å². The van der Waals surface area contributed by atoms with Gasteiger partial charge in [0.1, 0.15) is 0 Å². The zero-order chi connectivity index (χ0) is 11.4. The molecule has 2 aliphatic carbocycles. The standard InChI is InChI=1S/C15H29N/c1-13(2)15(10-11-15)12-16-14-8-6-4-3-5-7-9-14/h13-14,16H,3-12H2,1-2H3. The molecule has 0 radical (unpaired) electrons. The van der Waals surface area contributed by atoms with E-state index in [-0.39, 0.29) is 0 Å². The van der Waals surface area contributed by atoms with Crippen LogP contribution in [0.1, 0.15) is 71.6 Å². The van der Waals surface area contributed by atoms with Gasteiger partial charge in [0.05, 0.1) is 0 Å². The maximum Gasteiger partial charge on any atom is 0.00672 e. The molecule has 0 saturated heterocycles. The van der Waals surface area contributed by atoms with Crippen LogP contribution in [0.4, 0.5) is 0 Å². The Kier molecular flexibility index (Phi) is 4.29. The molecule has 94 valence electrons. The van der Waals surface area contributed by atoms with Crippen molar-refractivity contribution >= 4 is 0 Å². The van der Waals surface area contributed by atoms with Crippen molar-refractivity contribution in [3.05, 3.63) is 0 Å². The molecule has 0 spiro atoms. The second-order valence-corrected chi connectivity index (χ2v) is 6.44. The van der Waals surface area contributed by atoms with Crippen molar-refractivity contribution in [2.24, 2.45) is 11.3 Å². The maximum atomic E-state index is 3.87. The second kappa shape index (κ2) is 5.53. The molecule has 0 unspecified atom stereocenters. The Labute approximate surface area is 101 Å². The molecule has 0 aromatic rings. The minimum Gasteiger partial charge on any atom is -0.313 e. The fourth-order valence-corrected chi connectivity index (χ4v) is 3.13. The van der Waals surface area contributed by atoms with Crippen molar-refractivity contribution in [3.63, 3.8) is 0 Å². The van der Waals surface area contributed by atoms with Crippen molar-refractivity contribution in [2.45, 2.75) is 77.7 Å². The Morgan fingerprint density at radius 1 is 1.00 bits per heavy atom. The van der Waals surface area contributed by atoms with Gasteiger partial charge in [-0.05, 0) is 37.0 Å². The fraction of sp³-hybridized carbons (Fsp3) is 1.00. The SMILES string of the molecule is CC(C)C1(CNC2CCCCCCC2)CC1. The monoisotopic (exact) mass is 223 g/mol. The molecule has 0 heterocycles. The Bertz CT molecular complexity index is 197. The molecule has 2 fully saturated rings. The number of rotatable bonds is 4. The van der Waals surface area contributed by atoms with E-state index in [4.69, 9.17) is 0 Å². The summed E-state index contributed by atoms with van der Waals surface area (Å²) in [6.07, 6.45) is 13.1. The predicted molar refractivity (Wildman–Crippen MR) is 70.6 cm³/mol. The van der Waals surface area contributed by atoms with Gasteiger partial charge in [0.25, 0.3) is 0 Å². The molecule has 0 amide bonds. The van der Waals surface area contributed by atoms with Crippen molar-refractivity contribution in [3.8, 4) is 0 Å². The van der Waals surface area contributed by atoms with Gasteiger partial charge in [-0.1, -0.05) is 46.0 Å². The average molecular weight is 223 g/mol. The van der Waals surface area contributed by atoms with Crippen LogP contribution < -0.4 is 5.32 Å². The summed E-state index contributed by atoms with van der Waals surface area (Å²) in [5, 5.41) is 3.87. The van der Waals surface area contributed by atoms with Crippen LogP contribution in [0, 0.1) is 11.3 Å². The third-order valence-electron chi connectivity index (χ3n) is 4.96. The highest BCUT2D eigenvalue weighted by molar-refractivity contribution is 4.97. The molecule has 1 nitrogen and oxygen atoms in total. The molecule has 0 aromatic heterocycles. The Hall–Kier alpha value is -0.0400. The zero-order valence-corrected chi connectivity index (χ0v) is 11.2. The lowest BCUT2D eigenvalue weighted by Crippen LogP contribution is -2.36. The van der Waals surface area contributed by atoms with Crippen LogP contribution in [-0.2, 0) is 0 Å². The molecule has 2 saturated carbocycles. The molecule has 0 atom stereocenters.